The van der Waals surface area contributed by atoms with Crippen LogP contribution in [-0.4, -0.2) is 22.7 Å². The summed E-state index contributed by atoms with van der Waals surface area (Å²) in [6.07, 6.45) is 8.03. The number of nitrogens with zero attached hydrogens (tertiary/aromatic N) is 2. The maximum Gasteiger partial charge on any atom is 0.264 e. The van der Waals surface area contributed by atoms with Crippen LogP contribution in [0.2, 0.25) is 0 Å². The van der Waals surface area contributed by atoms with E-state index in [1.807, 2.05) is 31.2 Å². The number of aryl methyl sites for hydroxylation is 1. The summed E-state index contributed by atoms with van der Waals surface area (Å²) in [5.41, 5.74) is 1.39. The molecule has 0 unspecified atom stereocenters. The first kappa shape index (κ1) is 17.2. The summed E-state index contributed by atoms with van der Waals surface area (Å²) in [5, 5.41) is 13.3. The lowest BCUT2D eigenvalue weighted by molar-refractivity contribution is -0.118. The predicted molar refractivity (Wildman–Crippen MR) is 105 cm³/mol. The third-order valence-corrected chi connectivity index (χ3v) is 7.64. The van der Waals surface area contributed by atoms with Crippen LogP contribution in [0.25, 0.3) is 0 Å². The Labute approximate surface area is 163 Å². The summed E-state index contributed by atoms with van der Waals surface area (Å²) in [6.45, 7) is 2.00. The lowest BCUT2D eigenvalue weighted by atomic mass is 9.50. The van der Waals surface area contributed by atoms with E-state index in [0.29, 0.717) is 10.9 Å². The van der Waals surface area contributed by atoms with Crippen LogP contribution >= 0.6 is 11.3 Å². The second-order valence-corrected chi connectivity index (χ2v) is 9.74. The first-order valence-electron chi connectivity index (χ1n) is 9.91. The highest BCUT2D eigenvalue weighted by atomic mass is 32.1. The molecule has 4 saturated carbocycles. The van der Waals surface area contributed by atoms with Gasteiger partial charge in [-0.25, -0.2) is 0 Å². The van der Waals surface area contributed by atoms with Gasteiger partial charge in [0.25, 0.3) is 5.91 Å². The van der Waals surface area contributed by atoms with E-state index in [1.165, 1.54) is 38.5 Å². The van der Waals surface area contributed by atoms with Crippen molar-refractivity contribution in [2.75, 3.05) is 11.9 Å². The molecule has 0 atom stereocenters. The molecule has 0 radical (unpaired) electrons. The van der Waals surface area contributed by atoms with Gasteiger partial charge in [0.05, 0.1) is 0 Å². The third-order valence-electron chi connectivity index (χ3n) is 6.55. The van der Waals surface area contributed by atoms with E-state index in [-0.39, 0.29) is 17.9 Å². The van der Waals surface area contributed by atoms with Crippen LogP contribution in [0.15, 0.2) is 24.3 Å². The SMILES string of the molecule is Cc1ccc(OCC(=O)Nc2nnc(C34CC5CC(CC(C5)C3)C4)s2)cc1. The average Bonchev–Trinajstić information content (AvgIpc) is 3.09. The number of ether oxygens (including phenoxy) is 1. The van der Waals surface area contributed by atoms with E-state index in [4.69, 9.17) is 4.74 Å². The van der Waals surface area contributed by atoms with Gasteiger partial charge < -0.3 is 4.74 Å². The van der Waals surface area contributed by atoms with E-state index in [2.05, 4.69) is 15.5 Å². The molecule has 4 bridgehead atoms. The molecule has 142 valence electrons. The second kappa shape index (κ2) is 6.59. The zero-order valence-electron chi connectivity index (χ0n) is 15.6. The van der Waals surface area contributed by atoms with E-state index in [9.17, 15) is 4.79 Å². The molecule has 2 aromatic rings. The molecular weight excluding hydrogens is 358 g/mol. The van der Waals surface area contributed by atoms with Crippen molar-refractivity contribution in [1.29, 1.82) is 0 Å². The van der Waals surface area contributed by atoms with Crippen molar-refractivity contribution in [3.63, 3.8) is 0 Å². The average molecular weight is 384 g/mol. The van der Waals surface area contributed by atoms with Crippen LogP contribution in [0.5, 0.6) is 5.75 Å². The van der Waals surface area contributed by atoms with Gasteiger partial charge >= 0.3 is 0 Å². The number of hydrogen-bond acceptors (Lipinski definition) is 5. The van der Waals surface area contributed by atoms with Crippen LogP contribution in [0.1, 0.15) is 49.1 Å². The number of amides is 1. The standard InChI is InChI=1S/C21H25N3O2S/c1-13-2-4-17(5-3-13)26-12-18(25)22-20-24-23-19(27-20)21-9-14-6-15(10-21)8-16(7-14)11-21/h2-5,14-16H,6-12H2,1H3,(H,22,24,25). The molecule has 4 aliphatic carbocycles. The van der Waals surface area contributed by atoms with Crippen molar-refractivity contribution in [2.24, 2.45) is 17.8 Å². The minimum absolute atomic E-state index is 0.0185. The highest BCUT2D eigenvalue weighted by molar-refractivity contribution is 7.15. The highest BCUT2D eigenvalue weighted by Gasteiger charge is 2.53. The molecule has 27 heavy (non-hydrogen) atoms. The summed E-state index contributed by atoms with van der Waals surface area (Å²) < 4.78 is 5.55. The number of hydrogen-bond donors (Lipinski definition) is 1. The minimum atomic E-state index is -0.191. The van der Waals surface area contributed by atoms with E-state index >= 15 is 0 Å². The van der Waals surface area contributed by atoms with Crippen LogP contribution in [0, 0.1) is 24.7 Å². The van der Waals surface area contributed by atoms with Gasteiger partial charge in [-0.15, -0.1) is 10.2 Å². The fourth-order valence-electron chi connectivity index (χ4n) is 5.80. The zero-order valence-corrected chi connectivity index (χ0v) is 16.4. The summed E-state index contributed by atoms with van der Waals surface area (Å²) in [7, 11) is 0. The normalized spacial score (nSPS) is 31.1. The van der Waals surface area contributed by atoms with Gasteiger partial charge in [0.1, 0.15) is 10.8 Å². The van der Waals surface area contributed by atoms with Crippen LogP contribution in [0.4, 0.5) is 5.13 Å². The molecule has 0 spiro atoms. The van der Waals surface area contributed by atoms with Gasteiger partial charge in [0, 0.05) is 5.41 Å². The van der Waals surface area contributed by atoms with Crippen molar-refractivity contribution in [3.8, 4) is 5.75 Å². The quantitative estimate of drug-likeness (QED) is 0.835. The molecule has 1 amide bonds. The number of nitrogens with one attached hydrogen (secondary N) is 1. The summed E-state index contributed by atoms with van der Waals surface area (Å²) in [6, 6.07) is 7.68. The van der Waals surface area contributed by atoms with E-state index in [1.54, 1.807) is 11.3 Å². The Bertz CT molecular complexity index is 810. The maximum absolute atomic E-state index is 12.2. The van der Waals surface area contributed by atoms with Crippen molar-refractivity contribution >= 4 is 22.4 Å². The number of anilines is 1. The van der Waals surface area contributed by atoms with Gasteiger partial charge in [0.2, 0.25) is 5.13 Å². The van der Waals surface area contributed by atoms with Crippen molar-refractivity contribution in [1.82, 2.24) is 10.2 Å². The Morgan fingerprint density at radius 2 is 1.74 bits per heavy atom. The molecule has 6 rings (SSSR count). The van der Waals surface area contributed by atoms with Crippen molar-refractivity contribution < 1.29 is 9.53 Å². The predicted octanol–water partition coefficient (Wildman–Crippen LogP) is 4.33. The summed E-state index contributed by atoms with van der Waals surface area (Å²) in [4.78, 5) is 12.2. The molecular formula is C21H25N3O2S. The monoisotopic (exact) mass is 383 g/mol. The summed E-state index contributed by atoms with van der Waals surface area (Å²) >= 11 is 1.56. The molecule has 1 N–H and O–H groups in total. The fourth-order valence-corrected chi connectivity index (χ4v) is 6.78. The number of benzene rings is 1. The van der Waals surface area contributed by atoms with Gasteiger partial charge in [-0.2, -0.15) is 0 Å². The van der Waals surface area contributed by atoms with Crippen LogP contribution in [-0.2, 0) is 10.2 Å². The number of carbonyl (C=O) groups is 1. The zero-order chi connectivity index (χ0) is 18.4. The lowest BCUT2D eigenvalue weighted by Crippen LogP contribution is -2.48. The van der Waals surface area contributed by atoms with Gasteiger partial charge in [-0.05, 0) is 75.3 Å². The number of carbonyl (C=O) groups excluding carboxylic acids is 1. The number of aromatic nitrogens is 2. The lowest BCUT2D eigenvalue weighted by Gasteiger charge is -2.55. The molecule has 0 aliphatic heterocycles. The molecule has 0 saturated heterocycles. The first-order valence-corrected chi connectivity index (χ1v) is 10.7. The Morgan fingerprint density at radius 1 is 1.11 bits per heavy atom. The maximum atomic E-state index is 12.2. The first-order chi connectivity index (χ1) is 13.1. The Kier molecular flexibility index (Phi) is 4.19. The van der Waals surface area contributed by atoms with E-state index < -0.39 is 0 Å². The molecule has 1 heterocycles. The number of rotatable bonds is 5. The molecule has 4 fully saturated rings. The minimum Gasteiger partial charge on any atom is -0.484 e. The molecule has 4 aliphatic rings. The smallest absolute Gasteiger partial charge is 0.264 e. The Balaban J connectivity index is 1.22. The largest absolute Gasteiger partial charge is 0.484 e. The second-order valence-electron chi connectivity index (χ2n) is 8.76. The summed E-state index contributed by atoms with van der Waals surface area (Å²) in [5.74, 6) is 3.13. The fraction of sp³-hybridized carbons (Fsp3) is 0.571. The van der Waals surface area contributed by atoms with Crippen molar-refractivity contribution in [3.05, 3.63) is 34.8 Å². The van der Waals surface area contributed by atoms with Crippen LogP contribution in [0.3, 0.4) is 0 Å². The highest BCUT2D eigenvalue weighted by Crippen LogP contribution is 2.61. The van der Waals surface area contributed by atoms with Crippen LogP contribution < -0.4 is 10.1 Å². The third kappa shape index (κ3) is 3.35. The Hall–Kier alpha value is -1.95. The van der Waals surface area contributed by atoms with E-state index in [0.717, 1.165) is 28.3 Å². The van der Waals surface area contributed by atoms with Gasteiger partial charge in [-0.3, -0.25) is 10.1 Å². The molecule has 5 nitrogen and oxygen atoms in total. The molecule has 6 heteroatoms. The van der Waals surface area contributed by atoms with Crippen molar-refractivity contribution in [2.45, 2.75) is 50.9 Å². The molecule has 1 aromatic carbocycles. The Morgan fingerprint density at radius 3 is 2.37 bits per heavy atom. The van der Waals surface area contributed by atoms with Gasteiger partial charge in [-0.1, -0.05) is 29.0 Å². The molecule has 1 aromatic heterocycles. The van der Waals surface area contributed by atoms with Gasteiger partial charge in [0.15, 0.2) is 6.61 Å². The topological polar surface area (TPSA) is 64.1 Å².